The van der Waals surface area contributed by atoms with E-state index in [1.54, 1.807) is 6.07 Å². The number of carboxylic acid groups (broad SMARTS) is 1. The molecule has 2 rings (SSSR count). The Morgan fingerprint density at radius 1 is 1.35 bits per heavy atom. The fourth-order valence-corrected chi connectivity index (χ4v) is 2.05. The molecule has 0 aliphatic carbocycles. The van der Waals surface area contributed by atoms with E-state index >= 15 is 0 Å². The summed E-state index contributed by atoms with van der Waals surface area (Å²) in [5.74, 6) is -0.637. The molecule has 1 aromatic heterocycles. The monoisotopic (exact) mass is 274 g/mol. The third-order valence-corrected chi connectivity index (χ3v) is 3.05. The molecule has 2 aromatic rings. The van der Waals surface area contributed by atoms with Crippen molar-refractivity contribution in [3.63, 3.8) is 0 Å². The highest BCUT2D eigenvalue weighted by molar-refractivity contribution is 5.89. The summed E-state index contributed by atoms with van der Waals surface area (Å²) in [6, 6.07) is 7.26. The number of fused-ring (bicyclic) bond motifs is 1. The van der Waals surface area contributed by atoms with Crippen molar-refractivity contribution in [1.29, 1.82) is 0 Å². The summed E-state index contributed by atoms with van der Waals surface area (Å²) in [7, 11) is 0. The molecule has 0 amide bonds. The van der Waals surface area contributed by atoms with Gasteiger partial charge in [0.1, 0.15) is 0 Å². The second-order valence-electron chi connectivity index (χ2n) is 4.88. The van der Waals surface area contributed by atoms with Crippen LogP contribution in [0.4, 0.5) is 0 Å². The van der Waals surface area contributed by atoms with Crippen LogP contribution in [0.25, 0.3) is 10.9 Å². The van der Waals surface area contributed by atoms with Crippen LogP contribution in [0.3, 0.4) is 0 Å². The number of hydrogen-bond acceptors (Lipinski definition) is 4. The molecule has 1 unspecified atom stereocenters. The van der Waals surface area contributed by atoms with Gasteiger partial charge in [-0.2, -0.15) is 4.98 Å². The van der Waals surface area contributed by atoms with Gasteiger partial charge in [-0.05, 0) is 24.5 Å². The third kappa shape index (κ3) is 3.23. The van der Waals surface area contributed by atoms with Gasteiger partial charge in [0.15, 0.2) is 0 Å². The summed E-state index contributed by atoms with van der Waals surface area (Å²) in [6.45, 7) is 4.75. The average molecular weight is 274 g/mol. The van der Waals surface area contributed by atoms with Gasteiger partial charge >= 0.3 is 5.97 Å². The van der Waals surface area contributed by atoms with Crippen LogP contribution in [0.2, 0.25) is 0 Å². The van der Waals surface area contributed by atoms with Gasteiger partial charge in [-0.1, -0.05) is 32.4 Å². The number of aromatic nitrogens is 2. The zero-order valence-corrected chi connectivity index (χ0v) is 11.7. The van der Waals surface area contributed by atoms with Crippen LogP contribution < -0.4 is 4.74 Å². The van der Waals surface area contributed by atoms with Crippen LogP contribution in [-0.4, -0.2) is 27.7 Å². The summed E-state index contributed by atoms with van der Waals surface area (Å²) < 4.78 is 5.71. The summed E-state index contributed by atoms with van der Waals surface area (Å²) in [5, 5.41) is 9.79. The predicted octanol–water partition coefficient (Wildman–Crippen LogP) is 3.14. The number of ether oxygens (including phenoxy) is 1. The molecule has 1 heterocycles. The lowest BCUT2D eigenvalue weighted by atomic mass is 10.1. The lowest BCUT2D eigenvalue weighted by Gasteiger charge is -2.13. The summed E-state index contributed by atoms with van der Waals surface area (Å²) in [4.78, 5) is 19.1. The number of carboxylic acids is 1. The Hall–Kier alpha value is -2.17. The van der Waals surface area contributed by atoms with Gasteiger partial charge in [-0.15, -0.1) is 0 Å². The van der Waals surface area contributed by atoms with Crippen molar-refractivity contribution in [2.24, 2.45) is 5.92 Å². The van der Waals surface area contributed by atoms with Gasteiger partial charge in [0, 0.05) is 0 Å². The van der Waals surface area contributed by atoms with E-state index in [4.69, 9.17) is 9.84 Å². The largest absolute Gasteiger partial charge is 0.477 e. The molecule has 1 atom stereocenters. The molecular formula is C15H18N2O3. The first-order valence-electron chi connectivity index (χ1n) is 6.74. The number of carbonyl (C=O) groups is 1. The van der Waals surface area contributed by atoms with Gasteiger partial charge < -0.3 is 9.84 Å². The number of rotatable bonds is 6. The first-order valence-corrected chi connectivity index (χ1v) is 6.74. The van der Waals surface area contributed by atoms with Gasteiger partial charge in [0.25, 0.3) is 0 Å². The van der Waals surface area contributed by atoms with Crippen LogP contribution in [0.15, 0.2) is 24.3 Å². The van der Waals surface area contributed by atoms with Gasteiger partial charge in [0.2, 0.25) is 11.7 Å². The van der Waals surface area contributed by atoms with E-state index in [9.17, 15) is 4.79 Å². The van der Waals surface area contributed by atoms with Crippen LogP contribution >= 0.6 is 0 Å². The SMILES string of the molecule is CCCC(C)COc1nc(C(=O)O)nc2ccccc12. The lowest BCUT2D eigenvalue weighted by molar-refractivity contribution is 0.0682. The van der Waals surface area contributed by atoms with Crippen LogP contribution in [-0.2, 0) is 0 Å². The van der Waals surface area contributed by atoms with Gasteiger partial charge in [-0.3, -0.25) is 0 Å². The molecule has 5 nitrogen and oxygen atoms in total. The van der Waals surface area contributed by atoms with Crippen LogP contribution in [0.5, 0.6) is 5.88 Å². The molecule has 0 radical (unpaired) electrons. The van der Waals surface area contributed by atoms with Crippen molar-refractivity contribution in [1.82, 2.24) is 9.97 Å². The maximum atomic E-state index is 11.1. The summed E-state index contributed by atoms with van der Waals surface area (Å²) in [6.07, 6.45) is 2.16. The molecule has 20 heavy (non-hydrogen) atoms. The van der Waals surface area contributed by atoms with Crippen molar-refractivity contribution in [2.75, 3.05) is 6.61 Å². The number of aromatic carboxylic acids is 1. The Kier molecular flexibility index (Phi) is 4.50. The van der Waals surface area contributed by atoms with Gasteiger partial charge in [-0.25, -0.2) is 9.78 Å². The normalized spacial score (nSPS) is 12.3. The Morgan fingerprint density at radius 3 is 2.80 bits per heavy atom. The minimum atomic E-state index is -1.15. The number of para-hydroxylation sites is 1. The zero-order valence-electron chi connectivity index (χ0n) is 11.7. The Morgan fingerprint density at radius 2 is 2.10 bits per heavy atom. The predicted molar refractivity (Wildman–Crippen MR) is 76.1 cm³/mol. The second-order valence-corrected chi connectivity index (χ2v) is 4.88. The van der Waals surface area contributed by atoms with Gasteiger partial charge in [0.05, 0.1) is 17.5 Å². The fraction of sp³-hybridized carbons (Fsp3) is 0.400. The molecule has 0 aliphatic heterocycles. The van der Waals surface area contributed by atoms with Crippen molar-refractivity contribution in [3.8, 4) is 5.88 Å². The first-order chi connectivity index (χ1) is 9.61. The van der Waals surface area contributed by atoms with Crippen molar-refractivity contribution < 1.29 is 14.6 Å². The molecule has 5 heteroatoms. The minimum absolute atomic E-state index is 0.234. The molecule has 0 spiro atoms. The summed E-state index contributed by atoms with van der Waals surface area (Å²) >= 11 is 0. The quantitative estimate of drug-likeness (QED) is 0.876. The number of hydrogen-bond donors (Lipinski definition) is 1. The van der Waals surface area contributed by atoms with Crippen molar-refractivity contribution >= 4 is 16.9 Å². The number of nitrogens with zero attached hydrogens (tertiary/aromatic N) is 2. The second kappa shape index (κ2) is 6.32. The Balaban J connectivity index is 2.32. The first kappa shape index (κ1) is 14.2. The molecule has 0 aliphatic rings. The molecule has 1 aromatic carbocycles. The highest BCUT2D eigenvalue weighted by Crippen LogP contribution is 2.23. The Bertz CT molecular complexity index is 613. The van der Waals surface area contributed by atoms with E-state index in [1.165, 1.54) is 0 Å². The highest BCUT2D eigenvalue weighted by atomic mass is 16.5. The van der Waals surface area contributed by atoms with E-state index in [0.717, 1.165) is 18.2 Å². The fourth-order valence-electron chi connectivity index (χ4n) is 2.05. The van der Waals surface area contributed by atoms with E-state index in [2.05, 4.69) is 23.8 Å². The number of benzene rings is 1. The highest BCUT2D eigenvalue weighted by Gasteiger charge is 2.14. The van der Waals surface area contributed by atoms with Crippen LogP contribution in [0.1, 0.15) is 37.3 Å². The van der Waals surface area contributed by atoms with Crippen molar-refractivity contribution in [3.05, 3.63) is 30.1 Å². The lowest BCUT2D eigenvalue weighted by Crippen LogP contribution is -2.12. The molecule has 1 N–H and O–H groups in total. The topological polar surface area (TPSA) is 72.3 Å². The van der Waals surface area contributed by atoms with E-state index in [0.29, 0.717) is 23.9 Å². The average Bonchev–Trinajstić information content (AvgIpc) is 2.44. The maximum absolute atomic E-state index is 11.1. The molecule has 0 bridgehead atoms. The minimum Gasteiger partial charge on any atom is -0.477 e. The van der Waals surface area contributed by atoms with E-state index in [1.807, 2.05) is 18.2 Å². The smallest absolute Gasteiger partial charge is 0.374 e. The van der Waals surface area contributed by atoms with Crippen molar-refractivity contribution in [2.45, 2.75) is 26.7 Å². The Labute approximate surface area is 117 Å². The molecule has 0 fully saturated rings. The molecular weight excluding hydrogens is 256 g/mol. The molecule has 0 saturated carbocycles. The maximum Gasteiger partial charge on any atom is 0.374 e. The zero-order chi connectivity index (χ0) is 14.5. The van der Waals surface area contributed by atoms with E-state index < -0.39 is 5.97 Å². The third-order valence-electron chi connectivity index (χ3n) is 3.05. The van der Waals surface area contributed by atoms with Crippen LogP contribution in [0, 0.1) is 5.92 Å². The van der Waals surface area contributed by atoms with E-state index in [-0.39, 0.29) is 5.82 Å². The standard InChI is InChI=1S/C15H18N2O3/c1-3-6-10(2)9-20-14-11-7-4-5-8-12(11)16-13(17-14)15(18)19/h4-5,7-8,10H,3,6,9H2,1-2H3,(H,18,19). The molecule has 106 valence electrons. The summed E-state index contributed by atoms with van der Waals surface area (Å²) in [5.41, 5.74) is 0.582. The molecule has 0 saturated heterocycles.